The van der Waals surface area contributed by atoms with Gasteiger partial charge >= 0.3 is 0 Å². The quantitative estimate of drug-likeness (QED) is 0.374. The summed E-state index contributed by atoms with van der Waals surface area (Å²) in [6, 6.07) is 20.7. The van der Waals surface area contributed by atoms with E-state index in [1.807, 2.05) is 24.3 Å². The van der Waals surface area contributed by atoms with Crippen molar-refractivity contribution < 1.29 is 0 Å². The third-order valence-corrected chi connectivity index (χ3v) is 6.19. The molecule has 4 rings (SSSR count). The summed E-state index contributed by atoms with van der Waals surface area (Å²) in [5.41, 5.74) is 4.57. The van der Waals surface area contributed by atoms with Crippen LogP contribution >= 0.6 is 34.3 Å². The highest BCUT2D eigenvalue weighted by molar-refractivity contribution is 7.23. The van der Waals surface area contributed by atoms with Crippen LogP contribution in [0, 0.1) is 6.92 Å². The lowest BCUT2D eigenvalue weighted by atomic mass is 10.1. The fourth-order valence-corrected chi connectivity index (χ4v) is 4.55. The van der Waals surface area contributed by atoms with Crippen LogP contribution in [0.15, 0.2) is 66.0 Å². The molecule has 0 aliphatic carbocycles. The van der Waals surface area contributed by atoms with Crippen LogP contribution in [0.5, 0.6) is 0 Å². The predicted molar refractivity (Wildman–Crippen MR) is 106 cm³/mol. The van der Waals surface area contributed by atoms with Crippen LogP contribution in [0.25, 0.3) is 31.6 Å². The van der Waals surface area contributed by atoms with Gasteiger partial charge in [0.2, 0.25) is 0 Å². The Hall–Kier alpha value is -1.94. The summed E-state index contributed by atoms with van der Waals surface area (Å²) in [7, 11) is 0. The van der Waals surface area contributed by atoms with E-state index in [1.54, 1.807) is 22.7 Å². The van der Waals surface area contributed by atoms with Crippen LogP contribution in [-0.4, -0.2) is 4.98 Å². The molecule has 0 unspecified atom stereocenters. The maximum Gasteiger partial charge on any atom is 0.134 e. The second-order valence-electron chi connectivity index (χ2n) is 5.55. The molecule has 0 aliphatic rings. The Morgan fingerprint density at radius 1 is 0.875 bits per heavy atom. The minimum absolute atomic E-state index is 0.740. The minimum Gasteiger partial charge on any atom is -0.235 e. The molecule has 0 amide bonds. The fourth-order valence-electron chi connectivity index (χ4n) is 2.53. The van der Waals surface area contributed by atoms with Crippen LogP contribution in [0.3, 0.4) is 0 Å². The van der Waals surface area contributed by atoms with Crippen LogP contribution in [0.4, 0.5) is 0 Å². The van der Waals surface area contributed by atoms with E-state index in [2.05, 4.69) is 48.7 Å². The molecule has 2 aromatic heterocycles. The number of nitrogens with zero attached hydrogens (tertiary/aromatic N) is 1. The molecule has 118 valence electrons. The molecule has 0 saturated heterocycles. The Kier molecular flexibility index (Phi) is 4.23. The number of hydrogen-bond donors (Lipinski definition) is 0. The molecule has 0 saturated carbocycles. The van der Waals surface area contributed by atoms with Gasteiger partial charge in [-0.15, -0.1) is 22.7 Å². The number of halogens is 1. The van der Waals surface area contributed by atoms with E-state index >= 15 is 0 Å². The molecule has 0 fully saturated rings. The Labute approximate surface area is 154 Å². The third kappa shape index (κ3) is 3.03. The molecule has 0 aliphatic heterocycles. The summed E-state index contributed by atoms with van der Waals surface area (Å²) in [5.74, 6) is 0. The highest BCUT2D eigenvalue weighted by atomic mass is 35.5. The zero-order valence-corrected chi connectivity index (χ0v) is 15.4. The number of aryl methyl sites for hydroxylation is 1. The van der Waals surface area contributed by atoms with Crippen molar-refractivity contribution in [1.29, 1.82) is 0 Å². The maximum absolute atomic E-state index is 6.04. The molecule has 1 nitrogen and oxygen atoms in total. The number of thiazole rings is 1. The molecular formula is C20H14ClNS2. The molecule has 0 radical (unpaired) electrons. The van der Waals surface area contributed by atoms with Crippen molar-refractivity contribution in [2.45, 2.75) is 6.92 Å². The first-order valence-corrected chi connectivity index (χ1v) is 9.66. The summed E-state index contributed by atoms with van der Waals surface area (Å²) >= 11 is 9.51. The topological polar surface area (TPSA) is 12.9 Å². The molecule has 4 aromatic rings. The van der Waals surface area contributed by atoms with Gasteiger partial charge in [0, 0.05) is 10.6 Å². The van der Waals surface area contributed by atoms with Gasteiger partial charge in [0.25, 0.3) is 0 Å². The van der Waals surface area contributed by atoms with Crippen molar-refractivity contribution in [3.05, 3.63) is 76.6 Å². The van der Waals surface area contributed by atoms with E-state index in [4.69, 9.17) is 16.6 Å². The second kappa shape index (κ2) is 6.52. The van der Waals surface area contributed by atoms with E-state index < -0.39 is 0 Å². The van der Waals surface area contributed by atoms with Gasteiger partial charge in [-0.2, -0.15) is 0 Å². The van der Waals surface area contributed by atoms with Gasteiger partial charge in [-0.05, 0) is 36.1 Å². The van der Waals surface area contributed by atoms with Crippen LogP contribution in [-0.2, 0) is 0 Å². The zero-order valence-electron chi connectivity index (χ0n) is 13.0. The fraction of sp³-hybridized carbons (Fsp3) is 0.0500. The van der Waals surface area contributed by atoms with Crippen molar-refractivity contribution in [1.82, 2.24) is 4.98 Å². The van der Waals surface area contributed by atoms with E-state index in [9.17, 15) is 0 Å². The normalized spacial score (nSPS) is 10.9. The average Bonchev–Trinajstić information content (AvgIpc) is 3.26. The lowest BCUT2D eigenvalue weighted by Gasteiger charge is -2.03. The SMILES string of the molecule is Cc1ccc(-c2sc(-c3cccs3)nc2-c2ccc(Cl)cc2)cc1. The van der Waals surface area contributed by atoms with Crippen molar-refractivity contribution in [3.8, 4) is 31.6 Å². The summed E-state index contributed by atoms with van der Waals surface area (Å²) in [5, 5.41) is 3.89. The first kappa shape index (κ1) is 15.6. The Balaban J connectivity index is 1.89. The van der Waals surface area contributed by atoms with Gasteiger partial charge in [0.05, 0.1) is 15.4 Å². The largest absolute Gasteiger partial charge is 0.235 e. The Morgan fingerprint density at radius 3 is 2.25 bits per heavy atom. The summed E-state index contributed by atoms with van der Waals surface area (Å²) in [6.45, 7) is 2.10. The Bertz CT molecular complexity index is 889. The smallest absolute Gasteiger partial charge is 0.134 e. The van der Waals surface area contributed by atoms with E-state index in [0.29, 0.717) is 0 Å². The average molecular weight is 368 g/mol. The summed E-state index contributed by atoms with van der Waals surface area (Å²) in [4.78, 5) is 7.33. The predicted octanol–water partition coefficient (Wildman–Crippen LogP) is 7.17. The van der Waals surface area contributed by atoms with E-state index in [0.717, 1.165) is 21.3 Å². The zero-order chi connectivity index (χ0) is 16.5. The lowest BCUT2D eigenvalue weighted by Crippen LogP contribution is -1.82. The van der Waals surface area contributed by atoms with Gasteiger partial charge in [-0.1, -0.05) is 59.6 Å². The number of thiophene rings is 1. The Morgan fingerprint density at radius 2 is 1.58 bits per heavy atom. The summed E-state index contributed by atoms with van der Waals surface area (Å²) in [6.07, 6.45) is 0. The number of rotatable bonds is 3. The van der Waals surface area contributed by atoms with Crippen molar-refractivity contribution in [3.63, 3.8) is 0 Å². The van der Waals surface area contributed by atoms with Gasteiger partial charge in [-0.3, -0.25) is 0 Å². The second-order valence-corrected chi connectivity index (χ2v) is 7.93. The molecule has 0 N–H and O–H groups in total. The summed E-state index contributed by atoms with van der Waals surface area (Å²) < 4.78 is 0. The molecule has 24 heavy (non-hydrogen) atoms. The monoisotopic (exact) mass is 367 g/mol. The van der Waals surface area contributed by atoms with Crippen molar-refractivity contribution in [2.24, 2.45) is 0 Å². The third-order valence-electron chi connectivity index (χ3n) is 3.79. The molecule has 4 heteroatoms. The molecule has 0 spiro atoms. The van der Waals surface area contributed by atoms with Crippen molar-refractivity contribution in [2.75, 3.05) is 0 Å². The van der Waals surface area contributed by atoms with Gasteiger partial charge in [0.15, 0.2) is 0 Å². The highest BCUT2D eigenvalue weighted by Gasteiger charge is 2.16. The minimum atomic E-state index is 0.740. The van der Waals surface area contributed by atoms with E-state index in [1.165, 1.54) is 20.9 Å². The first-order valence-electron chi connectivity index (χ1n) is 7.58. The molecular weight excluding hydrogens is 354 g/mol. The highest BCUT2D eigenvalue weighted by Crippen LogP contribution is 2.41. The van der Waals surface area contributed by atoms with Crippen molar-refractivity contribution >= 4 is 34.3 Å². The van der Waals surface area contributed by atoms with E-state index in [-0.39, 0.29) is 0 Å². The van der Waals surface area contributed by atoms with Crippen LogP contribution in [0.2, 0.25) is 5.02 Å². The molecule has 0 bridgehead atoms. The molecule has 2 heterocycles. The van der Waals surface area contributed by atoms with Gasteiger partial charge in [-0.25, -0.2) is 4.98 Å². The first-order chi connectivity index (χ1) is 11.7. The van der Waals surface area contributed by atoms with Crippen LogP contribution < -0.4 is 0 Å². The standard InChI is InChI=1S/C20H14ClNS2/c1-13-4-6-15(7-5-13)19-18(14-8-10-16(21)11-9-14)22-20(24-19)17-3-2-12-23-17/h2-12H,1H3. The van der Waals surface area contributed by atoms with Gasteiger partial charge in [0.1, 0.15) is 5.01 Å². The maximum atomic E-state index is 6.04. The molecule has 2 aromatic carbocycles. The van der Waals surface area contributed by atoms with Crippen LogP contribution in [0.1, 0.15) is 5.56 Å². The number of hydrogen-bond acceptors (Lipinski definition) is 3. The number of benzene rings is 2. The number of aromatic nitrogens is 1. The lowest BCUT2D eigenvalue weighted by molar-refractivity contribution is 1.41. The molecule has 0 atom stereocenters. The van der Waals surface area contributed by atoms with Gasteiger partial charge < -0.3 is 0 Å².